The largest absolute Gasteiger partial charge is 0.508 e. The summed E-state index contributed by atoms with van der Waals surface area (Å²) in [5.74, 6) is -1.79. The van der Waals surface area contributed by atoms with E-state index in [4.69, 9.17) is 19.7 Å². The van der Waals surface area contributed by atoms with Crippen molar-refractivity contribution in [2.75, 3.05) is 37.9 Å². The van der Waals surface area contributed by atoms with Crippen molar-refractivity contribution in [2.45, 2.75) is 44.2 Å². The highest BCUT2D eigenvalue weighted by molar-refractivity contribution is 8.15. The Kier molecular flexibility index (Phi) is 11.6. The van der Waals surface area contributed by atoms with Crippen LogP contribution in [-0.4, -0.2) is 103 Å². The molecule has 2 aromatic carbocycles. The maximum Gasteiger partial charge on any atom is 0.329 e. The van der Waals surface area contributed by atoms with Crippen molar-refractivity contribution in [3.05, 3.63) is 46.5 Å². The molecule has 2 atom stereocenters. The monoisotopic (exact) mass is 634 g/mol. The predicted molar refractivity (Wildman–Crippen MR) is 163 cm³/mol. The molecule has 2 aliphatic rings. The number of aromatic hydroxyl groups is 4. The number of carboxylic acid groups (broad SMARTS) is 2. The van der Waals surface area contributed by atoms with Gasteiger partial charge in [0.2, 0.25) is 0 Å². The number of aliphatic imine (C=N–C) groups is 2. The first-order valence-electron chi connectivity index (χ1n) is 13.8. The molecule has 0 unspecified atom stereocenters. The average molecular weight is 635 g/mol. The summed E-state index contributed by atoms with van der Waals surface area (Å²) >= 11 is 2.52. The first-order valence-corrected chi connectivity index (χ1v) is 15.7. The summed E-state index contributed by atoms with van der Waals surface area (Å²) in [5, 5.41) is 60.1. The van der Waals surface area contributed by atoms with Gasteiger partial charge in [-0.25, -0.2) is 9.59 Å². The Bertz CT molecular complexity index is 1290. The third-order valence-electron chi connectivity index (χ3n) is 6.77. The van der Waals surface area contributed by atoms with Crippen molar-refractivity contribution in [3.63, 3.8) is 0 Å². The Morgan fingerprint density at radius 2 is 1.05 bits per heavy atom. The van der Waals surface area contributed by atoms with Crippen LogP contribution in [-0.2, 0) is 31.9 Å². The molecule has 0 saturated heterocycles. The van der Waals surface area contributed by atoms with Gasteiger partial charge in [-0.1, -0.05) is 0 Å². The maximum atomic E-state index is 11.2. The Hall–Kier alpha value is -3.46. The van der Waals surface area contributed by atoms with Crippen molar-refractivity contribution in [1.29, 1.82) is 0 Å². The summed E-state index contributed by atoms with van der Waals surface area (Å²) in [6, 6.07) is 4.10. The Morgan fingerprint density at radius 3 is 1.42 bits per heavy atom. The maximum absolute atomic E-state index is 11.2. The van der Waals surface area contributed by atoms with Crippen LogP contribution >= 0.6 is 23.5 Å². The minimum Gasteiger partial charge on any atom is -0.508 e. The van der Waals surface area contributed by atoms with Crippen LogP contribution in [0.4, 0.5) is 0 Å². The molecule has 0 fully saturated rings. The fourth-order valence-electron chi connectivity index (χ4n) is 4.48. The Morgan fingerprint density at radius 1 is 0.651 bits per heavy atom. The summed E-state index contributed by atoms with van der Waals surface area (Å²) in [6.45, 7) is 1.92. The number of benzene rings is 2. The summed E-state index contributed by atoms with van der Waals surface area (Å²) in [4.78, 5) is 30.6. The number of hydrogen-bond acceptors (Lipinski definition) is 12. The zero-order valence-corrected chi connectivity index (χ0v) is 24.9. The van der Waals surface area contributed by atoms with Crippen molar-refractivity contribution < 1.29 is 49.7 Å². The molecule has 0 bridgehead atoms. The van der Waals surface area contributed by atoms with E-state index in [1.165, 1.54) is 35.7 Å². The predicted octanol–water partition coefficient (Wildman–Crippen LogP) is 3.39. The molecule has 2 aromatic rings. The Balaban J connectivity index is 1.11. The molecule has 0 aliphatic carbocycles. The van der Waals surface area contributed by atoms with Gasteiger partial charge in [-0.15, -0.1) is 23.5 Å². The highest BCUT2D eigenvalue weighted by Gasteiger charge is 2.28. The van der Waals surface area contributed by atoms with E-state index in [1.54, 1.807) is 12.1 Å². The summed E-state index contributed by atoms with van der Waals surface area (Å²) in [5.41, 5.74) is 2.06. The zero-order chi connectivity index (χ0) is 30.9. The van der Waals surface area contributed by atoms with E-state index in [1.807, 2.05) is 0 Å². The molecule has 2 aliphatic heterocycles. The van der Waals surface area contributed by atoms with Gasteiger partial charge < -0.3 is 40.1 Å². The molecular weight excluding hydrogens is 600 g/mol. The van der Waals surface area contributed by atoms with Gasteiger partial charge in [-0.2, -0.15) is 0 Å². The van der Waals surface area contributed by atoms with Crippen LogP contribution < -0.4 is 0 Å². The van der Waals surface area contributed by atoms with E-state index >= 15 is 0 Å². The first kappa shape index (κ1) is 32.5. The molecule has 0 spiro atoms. The number of carbonyl (C=O) groups is 2. The van der Waals surface area contributed by atoms with E-state index in [2.05, 4.69) is 9.98 Å². The van der Waals surface area contributed by atoms with Gasteiger partial charge in [0.05, 0.1) is 0 Å². The molecule has 14 heteroatoms. The second kappa shape index (κ2) is 15.3. The highest BCUT2D eigenvalue weighted by Crippen LogP contribution is 2.35. The van der Waals surface area contributed by atoms with Crippen LogP contribution in [0, 0.1) is 0 Å². The fourth-order valence-corrected chi connectivity index (χ4v) is 6.59. The zero-order valence-electron chi connectivity index (χ0n) is 23.3. The number of rotatable bonds is 16. The highest BCUT2D eigenvalue weighted by atomic mass is 32.2. The van der Waals surface area contributed by atoms with Gasteiger partial charge in [-0.05, 0) is 55.4 Å². The molecule has 0 amide bonds. The van der Waals surface area contributed by atoms with Crippen LogP contribution in [0.15, 0.2) is 34.3 Å². The number of aryl methyl sites for hydroxylation is 2. The molecule has 232 valence electrons. The minimum absolute atomic E-state index is 0.0390. The van der Waals surface area contributed by atoms with Crippen LogP contribution in [0.2, 0.25) is 0 Å². The molecule has 2 heterocycles. The summed E-state index contributed by atoms with van der Waals surface area (Å²) < 4.78 is 11.3. The molecule has 4 rings (SSSR count). The van der Waals surface area contributed by atoms with E-state index in [9.17, 15) is 30.0 Å². The number of hydrogen-bond donors (Lipinski definition) is 6. The first-order chi connectivity index (χ1) is 20.6. The lowest BCUT2D eigenvalue weighted by Gasteiger charge is -2.11. The van der Waals surface area contributed by atoms with Gasteiger partial charge in [0.15, 0.2) is 12.1 Å². The van der Waals surface area contributed by atoms with Crippen LogP contribution in [0.25, 0.3) is 0 Å². The lowest BCUT2D eigenvalue weighted by molar-refractivity contribution is -0.138. The normalized spacial score (nSPS) is 18.0. The molecule has 6 N–H and O–H groups in total. The van der Waals surface area contributed by atoms with E-state index in [0.29, 0.717) is 102 Å². The number of thioether (sulfide) groups is 2. The molecular formula is C29H34N2O10S2. The van der Waals surface area contributed by atoms with E-state index < -0.39 is 24.0 Å². The molecule has 0 saturated carbocycles. The number of ether oxygens (including phenoxy) is 2. The minimum atomic E-state index is -1.01. The van der Waals surface area contributed by atoms with Crippen LogP contribution in [0.1, 0.15) is 41.5 Å². The average Bonchev–Trinajstić information content (AvgIpc) is 3.65. The number of phenolic OH excluding ortho intramolecular Hbond substituents is 4. The van der Waals surface area contributed by atoms with Crippen molar-refractivity contribution in [3.8, 4) is 23.0 Å². The lowest BCUT2D eigenvalue weighted by atomic mass is 10.0. The van der Waals surface area contributed by atoms with Crippen molar-refractivity contribution in [2.24, 2.45) is 9.98 Å². The SMILES string of the molecule is O=C(O)[C@H]1CSC(c2cc(CCCOCCCOCCCc3cc(C4=N[C@@H](C(=O)O)CS4)c(O)cc3O)c(O)cc2O)=N1. The van der Waals surface area contributed by atoms with Crippen LogP contribution in [0.5, 0.6) is 23.0 Å². The second-order valence-electron chi connectivity index (χ2n) is 9.98. The lowest BCUT2D eigenvalue weighted by Crippen LogP contribution is -2.17. The molecule has 0 aromatic heterocycles. The van der Waals surface area contributed by atoms with E-state index in [-0.39, 0.29) is 23.0 Å². The third-order valence-corrected chi connectivity index (χ3v) is 8.94. The topological polar surface area (TPSA) is 199 Å². The smallest absolute Gasteiger partial charge is 0.329 e. The van der Waals surface area contributed by atoms with Gasteiger partial charge >= 0.3 is 11.9 Å². The molecule has 0 radical (unpaired) electrons. The molecule has 43 heavy (non-hydrogen) atoms. The van der Waals surface area contributed by atoms with Crippen molar-refractivity contribution in [1.82, 2.24) is 0 Å². The van der Waals surface area contributed by atoms with E-state index in [0.717, 1.165) is 0 Å². The third kappa shape index (κ3) is 8.78. The Labute approximate surface area is 256 Å². The molecule has 12 nitrogen and oxygen atoms in total. The fraction of sp³-hybridized carbons (Fsp3) is 0.448. The number of phenols is 4. The van der Waals surface area contributed by atoms with Crippen LogP contribution in [0.3, 0.4) is 0 Å². The van der Waals surface area contributed by atoms with Gasteiger partial charge in [0.25, 0.3) is 0 Å². The van der Waals surface area contributed by atoms with Crippen molar-refractivity contribution >= 4 is 45.5 Å². The van der Waals surface area contributed by atoms with Gasteiger partial charge in [0.1, 0.15) is 33.1 Å². The number of aliphatic carboxylic acids is 2. The second-order valence-corrected chi connectivity index (χ2v) is 12.0. The quantitative estimate of drug-likeness (QED) is 0.147. The van der Waals surface area contributed by atoms with Gasteiger partial charge in [0, 0.05) is 61.2 Å². The number of nitrogens with zero attached hydrogens (tertiary/aromatic N) is 2. The summed E-state index contributed by atoms with van der Waals surface area (Å²) in [6.07, 6.45) is 2.97. The summed E-state index contributed by atoms with van der Waals surface area (Å²) in [7, 11) is 0. The number of carboxylic acids is 2. The van der Waals surface area contributed by atoms with Gasteiger partial charge in [-0.3, -0.25) is 9.98 Å². The standard InChI is InChI=1S/C29H34N2O10S2/c32-22-12-24(34)18(26-30-20(14-42-26)28(36)37)10-16(22)4-1-6-40-8-3-9-41-7-2-5-17-11-19(25(35)13-23(17)33)27-31-21(15-43-27)29(38)39/h10-13,20-21,32-35H,1-9,14-15H2,(H,36,37)(H,38,39)/t20-,21-/m1/s1.